The van der Waals surface area contributed by atoms with Gasteiger partial charge in [0.2, 0.25) is 0 Å². The zero-order chi connectivity index (χ0) is 19.2. The standard InChI is InChI=1S/C21H25N3O3/c1-3-23(4-2)13-14-27-17-11-9-16(10-12-17)21-22-18-7-5-6-8-19(18)24(21)15-20(25)26/h5-12H,3-4,13-15H2,1-2H3,(H,25,26). The van der Waals surface area contributed by atoms with Crippen LogP contribution in [-0.4, -0.2) is 51.8 Å². The highest BCUT2D eigenvalue weighted by atomic mass is 16.5. The molecule has 142 valence electrons. The first kappa shape index (κ1) is 18.9. The SMILES string of the molecule is CCN(CC)CCOc1ccc(-c2nc3ccccc3n2CC(=O)O)cc1. The molecule has 0 radical (unpaired) electrons. The molecule has 6 heteroatoms. The highest BCUT2D eigenvalue weighted by Crippen LogP contribution is 2.26. The van der Waals surface area contributed by atoms with E-state index in [0.717, 1.165) is 42.0 Å². The summed E-state index contributed by atoms with van der Waals surface area (Å²) in [7, 11) is 0. The number of carboxylic acids is 1. The van der Waals surface area contributed by atoms with Gasteiger partial charge in [0.25, 0.3) is 0 Å². The van der Waals surface area contributed by atoms with E-state index in [9.17, 15) is 9.90 Å². The number of imidazole rings is 1. The molecule has 0 amide bonds. The Bertz CT molecular complexity index is 899. The van der Waals surface area contributed by atoms with Gasteiger partial charge in [-0.1, -0.05) is 26.0 Å². The molecule has 1 heterocycles. The van der Waals surface area contributed by atoms with Crippen molar-refractivity contribution in [3.63, 3.8) is 0 Å². The molecule has 1 N–H and O–H groups in total. The van der Waals surface area contributed by atoms with Crippen molar-refractivity contribution in [2.24, 2.45) is 0 Å². The summed E-state index contributed by atoms with van der Waals surface area (Å²) in [5, 5.41) is 9.27. The van der Waals surface area contributed by atoms with E-state index in [0.29, 0.717) is 12.4 Å². The second-order valence-corrected chi connectivity index (χ2v) is 6.30. The second kappa shape index (κ2) is 8.68. The first-order valence-electron chi connectivity index (χ1n) is 9.25. The van der Waals surface area contributed by atoms with Crippen molar-refractivity contribution in [2.45, 2.75) is 20.4 Å². The Labute approximate surface area is 159 Å². The number of fused-ring (bicyclic) bond motifs is 1. The van der Waals surface area contributed by atoms with Gasteiger partial charge < -0.3 is 19.3 Å². The molecule has 0 aliphatic heterocycles. The molecule has 3 rings (SSSR count). The Kier molecular flexibility index (Phi) is 6.08. The van der Waals surface area contributed by atoms with E-state index in [-0.39, 0.29) is 6.54 Å². The number of aliphatic carboxylic acids is 1. The number of carbonyl (C=O) groups is 1. The predicted octanol–water partition coefficient (Wildman–Crippen LogP) is 3.51. The number of aromatic nitrogens is 2. The van der Waals surface area contributed by atoms with Crippen molar-refractivity contribution < 1.29 is 14.6 Å². The van der Waals surface area contributed by atoms with Crippen LogP contribution in [0.15, 0.2) is 48.5 Å². The lowest BCUT2D eigenvalue weighted by atomic mass is 10.2. The van der Waals surface area contributed by atoms with Crippen molar-refractivity contribution >= 4 is 17.0 Å². The maximum Gasteiger partial charge on any atom is 0.323 e. The molecule has 0 aliphatic rings. The Morgan fingerprint density at radius 1 is 1.11 bits per heavy atom. The Balaban J connectivity index is 1.79. The minimum atomic E-state index is -0.893. The summed E-state index contributed by atoms with van der Waals surface area (Å²) in [4.78, 5) is 18.2. The minimum Gasteiger partial charge on any atom is -0.492 e. The quantitative estimate of drug-likeness (QED) is 0.627. The molecule has 0 unspecified atom stereocenters. The summed E-state index contributed by atoms with van der Waals surface area (Å²) < 4.78 is 7.55. The van der Waals surface area contributed by atoms with Crippen molar-refractivity contribution in [3.8, 4) is 17.1 Å². The lowest BCUT2D eigenvalue weighted by Crippen LogP contribution is -2.27. The number of benzene rings is 2. The maximum atomic E-state index is 11.3. The molecule has 0 spiro atoms. The molecule has 2 aromatic carbocycles. The molecular weight excluding hydrogens is 342 g/mol. The van der Waals surface area contributed by atoms with Crippen molar-refractivity contribution in [1.82, 2.24) is 14.5 Å². The van der Waals surface area contributed by atoms with Gasteiger partial charge in [0.05, 0.1) is 11.0 Å². The Morgan fingerprint density at radius 3 is 2.48 bits per heavy atom. The maximum absolute atomic E-state index is 11.3. The van der Waals surface area contributed by atoms with Gasteiger partial charge in [0, 0.05) is 12.1 Å². The number of hydrogen-bond acceptors (Lipinski definition) is 4. The van der Waals surface area contributed by atoms with Crippen LogP contribution in [0.4, 0.5) is 0 Å². The second-order valence-electron chi connectivity index (χ2n) is 6.30. The first-order chi connectivity index (χ1) is 13.1. The topological polar surface area (TPSA) is 67.6 Å². The van der Waals surface area contributed by atoms with Crippen LogP contribution in [-0.2, 0) is 11.3 Å². The number of likely N-dealkylation sites (N-methyl/N-ethyl adjacent to an activating group) is 1. The molecule has 6 nitrogen and oxygen atoms in total. The summed E-state index contributed by atoms with van der Waals surface area (Å²) in [6.07, 6.45) is 0. The summed E-state index contributed by atoms with van der Waals surface area (Å²) in [5.41, 5.74) is 2.46. The van der Waals surface area contributed by atoms with Gasteiger partial charge in [-0.15, -0.1) is 0 Å². The van der Waals surface area contributed by atoms with Gasteiger partial charge in [-0.2, -0.15) is 0 Å². The summed E-state index contributed by atoms with van der Waals surface area (Å²) in [6.45, 7) is 7.71. The summed E-state index contributed by atoms with van der Waals surface area (Å²) in [6, 6.07) is 15.2. The van der Waals surface area contributed by atoms with Gasteiger partial charge in [-0.3, -0.25) is 4.79 Å². The lowest BCUT2D eigenvalue weighted by Gasteiger charge is -2.18. The van der Waals surface area contributed by atoms with Crippen molar-refractivity contribution in [3.05, 3.63) is 48.5 Å². The third kappa shape index (κ3) is 4.46. The van der Waals surface area contributed by atoms with Gasteiger partial charge in [-0.05, 0) is 49.5 Å². The highest BCUT2D eigenvalue weighted by molar-refractivity contribution is 5.82. The average molecular weight is 367 g/mol. The van der Waals surface area contributed by atoms with Gasteiger partial charge in [0.15, 0.2) is 0 Å². The fourth-order valence-electron chi connectivity index (χ4n) is 3.12. The Hall–Kier alpha value is -2.86. The molecular formula is C21H25N3O3. The van der Waals surface area contributed by atoms with E-state index in [1.54, 1.807) is 4.57 Å². The van der Waals surface area contributed by atoms with Crippen LogP contribution in [0.1, 0.15) is 13.8 Å². The highest BCUT2D eigenvalue weighted by Gasteiger charge is 2.14. The van der Waals surface area contributed by atoms with Crippen molar-refractivity contribution in [2.75, 3.05) is 26.2 Å². The predicted molar refractivity (Wildman–Crippen MR) is 106 cm³/mol. The molecule has 0 saturated heterocycles. The zero-order valence-electron chi connectivity index (χ0n) is 15.8. The normalized spacial score (nSPS) is 11.2. The van der Waals surface area contributed by atoms with Crippen molar-refractivity contribution in [1.29, 1.82) is 0 Å². The van der Waals surface area contributed by atoms with Gasteiger partial charge >= 0.3 is 5.97 Å². The molecule has 0 atom stereocenters. The van der Waals surface area contributed by atoms with E-state index in [4.69, 9.17) is 4.74 Å². The third-order valence-electron chi connectivity index (χ3n) is 4.63. The van der Waals surface area contributed by atoms with Crippen LogP contribution in [0.2, 0.25) is 0 Å². The number of para-hydroxylation sites is 2. The van der Waals surface area contributed by atoms with Gasteiger partial charge in [0.1, 0.15) is 24.7 Å². The van der Waals surface area contributed by atoms with Crippen LogP contribution >= 0.6 is 0 Å². The lowest BCUT2D eigenvalue weighted by molar-refractivity contribution is -0.137. The van der Waals surface area contributed by atoms with E-state index < -0.39 is 5.97 Å². The minimum absolute atomic E-state index is 0.127. The summed E-state index contributed by atoms with van der Waals surface area (Å²) >= 11 is 0. The van der Waals surface area contributed by atoms with E-state index in [2.05, 4.69) is 23.7 Å². The molecule has 0 saturated carbocycles. The molecule has 0 bridgehead atoms. The van der Waals surface area contributed by atoms with E-state index in [1.807, 2.05) is 48.5 Å². The van der Waals surface area contributed by atoms with E-state index in [1.165, 1.54) is 0 Å². The van der Waals surface area contributed by atoms with Crippen LogP contribution in [0.3, 0.4) is 0 Å². The molecule has 0 fully saturated rings. The number of ether oxygens (including phenoxy) is 1. The summed E-state index contributed by atoms with van der Waals surface area (Å²) in [5.74, 6) is 0.552. The Morgan fingerprint density at radius 2 is 1.81 bits per heavy atom. The monoisotopic (exact) mass is 367 g/mol. The molecule has 0 aliphatic carbocycles. The van der Waals surface area contributed by atoms with E-state index >= 15 is 0 Å². The molecule has 1 aromatic heterocycles. The smallest absolute Gasteiger partial charge is 0.323 e. The number of nitrogens with zero attached hydrogens (tertiary/aromatic N) is 3. The number of rotatable bonds is 9. The van der Waals surface area contributed by atoms with Crippen LogP contribution in [0, 0.1) is 0 Å². The fourth-order valence-corrected chi connectivity index (χ4v) is 3.12. The zero-order valence-corrected chi connectivity index (χ0v) is 15.8. The molecule has 27 heavy (non-hydrogen) atoms. The third-order valence-corrected chi connectivity index (χ3v) is 4.63. The number of hydrogen-bond donors (Lipinski definition) is 1. The molecule has 3 aromatic rings. The van der Waals surface area contributed by atoms with Gasteiger partial charge in [-0.25, -0.2) is 4.98 Å². The number of carboxylic acid groups (broad SMARTS) is 1. The van der Waals surface area contributed by atoms with Crippen LogP contribution < -0.4 is 4.74 Å². The fraction of sp³-hybridized carbons (Fsp3) is 0.333. The largest absolute Gasteiger partial charge is 0.492 e. The van der Waals surface area contributed by atoms with Crippen LogP contribution in [0.25, 0.3) is 22.4 Å². The average Bonchev–Trinajstić information content (AvgIpc) is 3.04. The first-order valence-corrected chi connectivity index (χ1v) is 9.25. The van der Waals surface area contributed by atoms with Crippen LogP contribution in [0.5, 0.6) is 5.75 Å².